The summed E-state index contributed by atoms with van der Waals surface area (Å²) in [7, 11) is -3.69. The lowest BCUT2D eigenvalue weighted by Crippen LogP contribution is -2.43. The minimum atomic E-state index is -3.69. The predicted molar refractivity (Wildman–Crippen MR) is 122 cm³/mol. The quantitative estimate of drug-likeness (QED) is 0.573. The molecule has 31 heavy (non-hydrogen) atoms. The van der Waals surface area contributed by atoms with Crippen LogP contribution >= 0.6 is 11.3 Å². The second kappa shape index (κ2) is 9.32. The number of carbonyl (C=O) groups excluding carboxylic acids is 1. The van der Waals surface area contributed by atoms with Crippen molar-refractivity contribution in [2.75, 3.05) is 19.6 Å². The van der Waals surface area contributed by atoms with E-state index in [2.05, 4.69) is 33.8 Å². The molecule has 0 unspecified atom stereocenters. The molecule has 0 aliphatic carbocycles. The Bertz CT molecular complexity index is 1140. The molecule has 2 heterocycles. The Balaban J connectivity index is 1.36. The molecule has 2 aromatic carbocycles. The van der Waals surface area contributed by atoms with Crippen molar-refractivity contribution < 1.29 is 13.2 Å². The topological polar surface area (TPSA) is 92.5 Å². The van der Waals surface area contributed by atoms with Crippen LogP contribution in [0.25, 0.3) is 0 Å². The van der Waals surface area contributed by atoms with Crippen molar-refractivity contribution in [3.8, 4) is 0 Å². The van der Waals surface area contributed by atoms with Crippen LogP contribution in [0, 0.1) is 0 Å². The second-order valence-electron chi connectivity index (χ2n) is 7.62. The van der Waals surface area contributed by atoms with Gasteiger partial charge in [-0.25, -0.2) is 13.6 Å². The van der Waals surface area contributed by atoms with E-state index >= 15 is 0 Å². The van der Waals surface area contributed by atoms with Crippen LogP contribution in [0.15, 0.2) is 70.9 Å². The van der Waals surface area contributed by atoms with Crippen LogP contribution < -0.4 is 10.5 Å². The number of carbonyl (C=O) groups is 1. The first-order valence-corrected chi connectivity index (χ1v) is 12.6. The number of nitrogens with zero attached hydrogens (tertiary/aromatic N) is 1. The molecule has 1 aliphatic rings. The Kier molecular flexibility index (Phi) is 6.52. The van der Waals surface area contributed by atoms with E-state index in [4.69, 9.17) is 5.14 Å². The summed E-state index contributed by atoms with van der Waals surface area (Å²) >= 11 is 1.79. The molecule has 3 N–H and O–H groups in total. The van der Waals surface area contributed by atoms with Gasteiger partial charge in [0, 0.05) is 18.0 Å². The van der Waals surface area contributed by atoms with Gasteiger partial charge in [-0.15, -0.1) is 11.3 Å². The Morgan fingerprint density at radius 2 is 1.84 bits per heavy atom. The average molecular weight is 456 g/mol. The van der Waals surface area contributed by atoms with Gasteiger partial charge in [0.1, 0.15) is 0 Å². The van der Waals surface area contributed by atoms with E-state index in [1.807, 2.05) is 18.2 Å². The number of benzene rings is 2. The molecule has 3 aromatic rings. The molecule has 1 atom stereocenters. The SMILES string of the molecule is NS(=O)(=O)c1ccc(CCNC(=O)CN2CCc3sccc3[C@H]2c2ccccc2)cc1. The highest BCUT2D eigenvalue weighted by Crippen LogP contribution is 2.37. The van der Waals surface area contributed by atoms with Crippen molar-refractivity contribution in [1.29, 1.82) is 0 Å². The third-order valence-electron chi connectivity index (χ3n) is 5.52. The van der Waals surface area contributed by atoms with Crippen LogP contribution in [0.4, 0.5) is 0 Å². The largest absolute Gasteiger partial charge is 0.355 e. The number of hydrogen-bond acceptors (Lipinski definition) is 5. The molecule has 162 valence electrons. The van der Waals surface area contributed by atoms with Crippen molar-refractivity contribution in [2.24, 2.45) is 5.14 Å². The van der Waals surface area contributed by atoms with Crippen molar-refractivity contribution in [1.82, 2.24) is 10.2 Å². The van der Waals surface area contributed by atoms with Crippen molar-refractivity contribution in [2.45, 2.75) is 23.8 Å². The zero-order valence-electron chi connectivity index (χ0n) is 17.0. The van der Waals surface area contributed by atoms with Gasteiger partial charge >= 0.3 is 0 Å². The number of thiophene rings is 1. The zero-order valence-corrected chi connectivity index (χ0v) is 18.7. The first kappa shape index (κ1) is 21.7. The Morgan fingerprint density at radius 1 is 1.10 bits per heavy atom. The molecule has 0 fully saturated rings. The van der Waals surface area contributed by atoms with Crippen molar-refractivity contribution in [3.63, 3.8) is 0 Å². The molecule has 6 nitrogen and oxygen atoms in total. The fourth-order valence-corrected chi connectivity index (χ4v) is 5.42. The highest BCUT2D eigenvalue weighted by Gasteiger charge is 2.30. The normalized spacial score (nSPS) is 16.6. The maximum atomic E-state index is 12.7. The van der Waals surface area contributed by atoms with Crippen LogP contribution in [-0.2, 0) is 27.7 Å². The molecule has 0 radical (unpaired) electrons. The van der Waals surface area contributed by atoms with E-state index in [-0.39, 0.29) is 16.8 Å². The summed E-state index contributed by atoms with van der Waals surface area (Å²) in [6.45, 7) is 1.66. The minimum Gasteiger partial charge on any atom is -0.355 e. The lowest BCUT2D eigenvalue weighted by Gasteiger charge is -2.35. The molecule has 4 rings (SSSR count). The van der Waals surface area contributed by atoms with Gasteiger partial charge in [-0.3, -0.25) is 9.69 Å². The number of primary sulfonamides is 1. The number of rotatable bonds is 7. The highest BCUT2D eigenvalue weighted by atomic mass is 32.2. The predicted octanol–water partition coefficient (Wildman–Crippen LogP) is 2.70. The summed E-state index contributed by atoms with van der Waals surface area (Å²) in [5, 5.41) is 10.2. The van der Waals surface area contributed by atoms with Crippen LogP contribution in [0.2, 0.25) is 0 Å². The second-order valence-corrected chi connectivity index (χ2v) is 10.2. The van der Waals surface area contributed by atoms with E-state index in [0.29, 0.717) is 19.5 Å². The smallest absolute Gasteiger partial charge is 0.238 e. The average Bonchev–Trinajstić information content (AvgIpc) is 3.23. The minimum absolute atomic E-state index is 0.0132. The van der Waals surface area contributed by atoms with Crippen molar-refractivity contribution in [3.05, 3.63) is 87.6 Å². The zero-order chi connectivity index (χ0) is 21.8. The van der Waals surface area contributed by atoms with Crippen molar-refractivity contribution >= 4 is 27.3 Å². The molecule has 1 aromatic heterocycles. The monoisotopic (exact) mass is 455 g/mol. The van der Waals surface area contributed by atoms with Crippen LogP contribution in [0.3, 0.4) is 0 Å². The van der Waals surface area contributed by atoms with E-state index in [0.717, 1.165) is 18.5 Å². The molecule has 1 amide bonds. The van der Waals surface area contributed by atoms with Gasteiger partial charge in [0.15, 0.2) is 0 Å². The number of amides is 1. The molecule has 1 aliphatic heterocycles. The van der Waals surface area contributed by atoms with E-state index in [1.54, 1.807) is 23.5 Å². The van der Waals surface area contributed by atoms with Gasteiger partial charge in [-0.05, 0) is 53.1 Å². The summed E-state index contributed by atoms with van der Waals surface area (Å²) in [5.41, 5.74) is 3.44. The number of nitrogens with one attached hydrogen (secondary N) is 1. The molecule has 0 bridgehead atoms. The number of nitrogens with two attached hydrogens (primary N) is 1. The number of sulfonamides is 1. The van der Waals surface area contributed by atoms with E-state index in [1.165, 1.54) is 28.1 Å². The molecular weight excluding hydrogens is 430 g/mol. The third kappa shape index (κ3) is 5.22. The molecular formula is C23H25N3O3S2. The fourth-order valence-electron chi connectivity index (χ4n) is 4.00. The Morgan fingerprint density at radius 3 is 2.55 bits per heavy atom. The first-order chi connectivity index (χ1) is 14.9. The Labute approximate surface area is 186 Å². The first-order valence-electron chi connectivity index (χ1n) is 10.2. The van der Waals surface area contributed by atoms with Gasteiger partial charge in [0.2, 0.25) is 15.9 Å². The van der Waals surface area contributed by atoms with Gasteiger partial charge in [0.05, 0.1) is 17.5 Å². The third-order valence-corrected chi connectivity index (χ3v) is 7.44. The molecule has 0 spiro atoms. The lowest BCUT2D eigenvalue weighted by atomic mass is 9.93. The van der Waals surface area contributed by atoms with E-state index in [9.17, 15) is 13.2 Å². The van der Waals surface area contributed by atoms with Crippen LogP contribution in [0.5, 0.6) is 0 Å². The van der Waals surface area contributed by atoms with Gasteiger partial charge in [-0.2, -0.15) is 0 Å². The lowest BCUT2D eigenvalue weighted by molar-refractivity contribution is -0.122. The van der Waals surface area contributed by atoms with Gasteiger partial charge in [-0.1, -0.05) is 42.5 Å². The summed E-state index contributed by atoms with van der Waals surface area (Å²) in [6.07, 6.45) is 1.58. The molecule has 0 saturated carbocycles. The molecule has 0 saturated heterocycles. The summed E-state index contributed by atoms with van der Waals surface area (Å²) in [6, 6.07) is 19.0. The summed E-state index contributed by atoms with van der Waals surface area (Å²) in [5.74, 6) is -0.0132. The number of fused-ring (bicyclic) bond motifs is 1. The van der Waals surface area contributed by atoms with E-state index < -0.39 is 10.0 Å². The van der Waals surface area contributed by atoms with Gasteiger partial charge in [0.25, 0.3) is 0 Å². The standard InChI is InChI=1S/C23H25N3O3S2/c24-31(28,29)19-8-6-17(7-9-19)10-13-25-22(27)16-26-14-11-21-20(12-15-30-21)23(26)18-4-2-1-3-5-18/h1-9,12,15,23H,10-11,13-14,16H2,(H,25,27)(H2,24,28,29)/t23-/m1/s1. The Hall–Kier alpha value is -2.52. The maximum absolute atomic E-state index is 12.7. The molecule has 8 heteroatoms. The summed E-state index contributed by atoms with van der Waals surface area (Å²) < 4.78 is 22.7. The highest BCUT2D eigenvalue weighted by molar-refractivity contribution is 7.89. The fraction of sp³-hybridized carbons (Fsp3) is 0.261. The van der Waals surface area contributed by atoms with Gasteiger partial charge < -0.3 is 5.32 Å². The number of hydrogen-bond donors (Lipinski definition) is 2. The summed E-state index contributed by atoms with van der Waals surface area (Å²) in [4.78, 5) is 16.4. The van der Waals surface area contributed by atoms with Crippen LogP contribution in [-0.4, -0.2) is 38.9 Å². The maximum Gasteiger partial charge on any atom is 0.238 e. The van der Waals surface area contributed by atoms with Crippen LogP contribution in [0.1, 0.15) is 27.6 Å².